The summed E-state index contributed by atoms with van der Waals surface area (Å²) in [5.74, 6) is 1.33. The maximum absolute atomic E-state index is 10.8. The van der Waals surface area contributed by atoms with Gasteiger partial charge in [0.2, 0.25) is 0 Å². The zero-order valence-corrected chi connectivity index (χ0v) is 21.1. The lowest BCUT2D eigenvalue weighted by Gasteiger charge is -2.34. The fourth-order valence-electron chi connectivity index (χ4n) is 3.78. The van der Waals surface area contributed by atoms with Gasteiger partial charge in [0.15, 0.2) is 5.96 Å². The van der Waals surface area contributed by atoms with Gasteiger partial charge in [-0.3, -0.25) is 9.58 Å². The molecule has 0 bridgehead atoms. The van der Waals surface area contributed by atoms with Crippen LogP contribution in [0.5, 0.6) is 0 Å². The molecule has 0 radical (unpaired) electrons. The maximum atomic E-state index is 10.8. The van der Waals surface area contributed by atoms with E-state index in [2.05, 4.69) is 46.4 Å². The Morgan fingerprint density at radius 1 is 1.24 bits per heavy atom. The summed E-state index contributed by atoms with van der Waals surface area (Å²) >= 11 is 0. The number of rotatable bonds is 8. The lowest BCUT2D eigenvalue weighted by atomic mass is 10.0. The molecule has 2 rings (SSSR count). The first-order chi connectivity index (χ1) is 13.3. The molecule has 2 atom stereocenters. The Morgan fingerprint density at radius 3 is 2.41 bits per heavy atom. The minimum Gasteiger partial charge on any atom is -0.383 e. The molecule has 168 valence electrons. The number of hydrogen-bond acceptors (Lipinski definition) is 4. The Bertz CT molecular complexity index is 608. The zero-order valence-electron chi connectivity index (χ0n) is 18.8. The molecule has 8 heteroatoms. The third kappa shape index (κ3) is 8.41. The Balaban J connectivity index is 0.00000420. The van der Waals surface area contributed by atoms with Gasteiger partial charge in [0.1, 0.15) is 5.60 Å². The van der Waals surface area contributed by atoms with E-state index >= 15 is 0 Å². The van der Waals surface area contributed by atoms with Crippen molar-refractivity contribution in [3.8, 4) is 0 Å². The predicted molar refractivity (Wildman–Crippen MR) is 131 cm³/mol. The SMILES string of the molecule is CCNC(=NCC(C)(O)c1cnn(C)c1)NCC(C(C)C)N1CCCCCC1.I. The largest absolute Gasteiger partial charge is 0.383 e. The highest BCUT2D eigenvalue weighted by Crippen LogP contribution is 2.20. The van der Waals surface area contributed by atoms with Crippen molar-refractivity contribution in [1.29, 1.82) is 0 Å². The van der Waals surface area contributed by atoms with Crippen LogP contribution in [0.25, 0.3) is 0 Å². The highest BCUT2D eigenvalue weighted by molar-refractivity contribution is 14.0. The average Bonchev–Trinajstić information content (AvgIpc) is 2.92. The van der Waals surface area contributed by atoms with Gasteiger partial charge in [0.05, 0.1) is 12.7 Å². The Morgan fingerprint density at radius 2 is 1.90 bits per heavy atom. The number of guanidine groups is 1. The molecule has 1 aromatic rings. The van der Waals surface area contributed by atoms with Gasteiger partial charge in [-0.1, -0.05) is 26.7 Å². The number of likely N-dealkylation sites (tertiary alicyclic amines) is 1. The highest BCUT2D eigenvalue weighted by Gasteiger charge is 2.25. The van der Waals surface area contributed by atoms with Gasteiger partial charge in [0.25, 0.3) is 0 Å². The number of halogens is 1. The average molecular weight is 521 g/mol. The molecular formula is C21H41IN6O. The molecule has 0 spiro atoms. The van der Waals surface area contributed by atoms with E-state index in [-0.39, 0.29) is 30.5 Å². The van der Waals surface area contributed by atoms with E-state index in [0.717, 1.165) is 24.6 Å². The molecule has 0 amide bonds. The first-order valence-corrected chi connectivity index (χ1v) is 10.8. The standard InChI is InChI=1S/C21H40N6O.HI/c1-6-22-20(24-16-21(4,28)18-13-25-26(5)15-18)23-14-19(17(2)3)27-11-9-7-8-10-12-27;/h13,15,17,19,28H,6-12,14,16H2,1-5H3,(H2,22,23,24);1H. The number of nitrogens with one attached hydrogen (secondary N) is 2. The molecular weight excluding hydrogens is 479 g/mol. The lowest BCUT2D eigenvalue weighted by Crippen LogP contribution is -2.50. The number of hydrogen-bond donors (Lipinski definition) is 3. The molecule has 2 heterocycles. The number of aryl methyl sites for hydroxylation is 1. The van der Waals surface area contributed by atoms with E-state index in [4.69, 9.17) is 0 Å². The number of nitrogens with zero attached hydrogens (tertiary/aromatic N) is 4. The summed E-state index contributed by atoms with van der Waals surface area (Å²) in [6.07, 6.45) is 8.83. The Labute approximate surface area is 193 Å². The molecule has 0 aliphatic carbocycles. The van der Waals surface area contributed by atoms with E-state index in [1.807, 2.05) is 13.2 Å². The summed E-state index contributed by atoms with van der Waals surface area (Å²) in [6, 6.07) is 0.487. The van der Waals surface area contributed by atoms with E-state index in [1.54, 1.807) is 17.8 Å². The van der Waals surface area contributed by atoms with Crippen LogP contribution in [0.4, 0.5) is 0 Å². The smallest absolute Gasteiger partial charge is 0.191 e. The lowest BCUT2D eigenvalue weighted by molar-refractivity contribution is 0.0671. The van der Waals surface area contributed by atoms with Crippen LogP contribution in [0.2, 0.25) is 0 Å². The quantitative estimate of drug-likeness (QED) is 0.279. The number of aliphatic hydroxyl groups is 1. The second kappa shape index (κ2) is 12.7. The molecule has 1 saturated heterocycles. The maximum Gasteiger partial charge on any atom is 0.191 e. The summed E-state index contributed by atoms with van der Waals surface area (Å²) in [7, 11) is 1.85. The van der Waals surface area contributed by atoms with Crippen molar-refractivity contribution in [2.24, 2.45) is 18.0 Å². The predicted octanol–water partition coefficient (Wildman–Crippen LogP) is 2.70. The summed E-state index contributed by atoms with van der Waals surface area (Å²) < 4.78 is 1.70. The van der Waals surface area contributed by atoms with Crippen LogP contribution in [0.3, 0.4) is 0 Å². The molecule has 1 aromatic heterocycles. The fraction of sp³-hybridized carbons (Fsp3) is 0.810. The Kier molecular flexibility index (Phi) is 11.5. The van der Waals surface area contributed by atoms with Crippen LogP contribution in [0.1, 0.15) is 58.9 Å². The number of aromatic nitrogens is 2. The van der Waals surface area contributed by atoms with Crippen molar-refractivity contribution in [3.63, 3.8) is 0 Å². The topological polar surface area (TPSA) is 77.7 Å². The van der Waals surface area contributed by atoms with Gasteiger partial charge in [-0.15, -0.1) is 24.0 Å². The second-order valence-electron chi connectivity index (χ2n) is 8.51. The van der Waals surface area contributed by atoms with Crippen LogP contribution in [0.15, 0.2) is 17.4 Å². The van der Waals surface area contributed by atoms with Gasteiger partial charge in [0, 0.05) is 37.9 Å². The van der Waals surface area contributed by atoms with Gasteiger partial charge >= 0.3 is 0 Å². The summed E-state index contributed by atoms with van der Waals surface area (Å²) in [6.45, 7) is 12.8. The zero-order chi connectivity index (χ0) is 20.6. The molecule has 7 nitrogen and oxygen atoms in total. The molecule has 1 fully saturated rings. The third-order valence-corrected chi connectivity index (χ3v) is 5.57. The fourth-order valence-corrected chi connectivity index (χ4v) is 3.78. The van der Waals surface area contributed by atoms with Crippen molar-refractivity contribution in [2.75, 3.05) is 32.7 Å². The molecule has 0 aromatic carbocycles. The van der Waals surface area contributed by atoms with Crippen LogP contribution >= 0.6 is 24.0 Å². The van der Waals surface area contributed by atoms with Crippen molar-refractivity contribution >= 4 is 29.9 Å². The third-order valence-electron chi connectivity index (χ3n) is 5.57. The van der Waals surface area contributed by atoms with Crippen molar-refractivity contribution < 1.29 is 5.11 Å². The monoisotopic (exact) mass is 520 g/mol. The van der Waals surface area contributed by atoms with E-state index in [0.29, 0.717) is 12.0 Å². The Hall–Kier alpha value is -0.870. The minimum absolute atomic E-state index is 0. The summed E-state index contributed by atoms with van der Waals surface area (Å²) in [5.41, 5.74) is -0.266. The first-order valence-electron chi connectivity index (χ1n) is 10.8. The molecule has 3 N–H and O–H groups in total. The van der Waals surface area contributed by atoms with Crippen LogP contribution in [0, 0.1) is 5.92 Å². The molecule has 2 unspecified atom stereocenters. The second-order valence-corrected chi connectivity index (χ2v) is 8.51. The van der Waals surface area contributed by atoms with Gasteiger partial charge in [-0.2, -0.15) is 5.10 Å². The summed E-state index contributed by atoms with van der Waals surface area (Å²) in [4.78, 5) is 7.29. The van der Waals surface area contributed by atoms with Crippen LogP contribution in [-0.4, -0.2) is 64.5 Å². The minimum atomic E-state index is -1.04. The normalized spacial score (nSPS) is 19.2. The molecule has 29 heavy (non-hydrogen) atoms. The van der Waals surface area contributed by atoms with Gasteiger partial charge in [-0.05, 0) is 45.7 Å². The highest BCUT2D eigenvalue weighted by atomic mass is 127. The van der Waals surface area contributed by atoms with E-state index < -0.39 is 5.60 Å². The summed E-state index contributed by atoms with van der Waals surface area (Å²) in [5, 5.41) is 21.8. The van der Waals surface area contributed by atoms with Crippen molar-refractivity contribution in [1.82, 2.24) is 25.3 Å². The van der Waals surface area contributed by atoms with Crippen LogP contribution < -0.4 is 10.6 Å². The van der Waals surface area contributed by atoms with Crippen molar-refractivity contribution in [2.45, 2.75) is 65.0 Å². The molecule has 1 aliphatic heterocycles. The first kappa shape index (κ1) is 26.2. The molecule has 1 aliphatic rings. The number of aliphatic imine (C=N–C) groups is 1. The van der Waals surface area contributed by atoms with Crippen LogP contribution in [-0.2, 0) is 12.6 Å². The van der Waals surface area contributed by atoms with Gasteiger partial charge in [-0.25, -0.2) is 4.99 Å². The molecule has 0 saturated carbocycles. The van der Waals surface area contributed by atoms with E-state index in [9.17, 15) is 5.11 Å². The van der Waals surface area contributed by atoms with E-state index in [1.165, 1.54) is 38.8 Å². The van der Waals surface area contributed by atoms with Gasteiger partial charge < -0.3 is 15.7 Å². The van der Waals surface area contributed by atoms with Crippen molar-refractivity contribution in [3.05, 3.63) is 18.0 Å².